The van der Waals surface area contributed by atoms with Gasteiger partial charge in [0.05, 0.1) is 18.0 Å². The molecule has 0 saturated carbocycles. The second-order valence-electron chi connectivity index (χ2n) is 4.83. The lowest BCUT2D eigenvalue weighted by molar-refractivity contribution is 0.0413. The highest BCUT2D eigenvalue weighted by molar-refractivity contribution is 7.91. The summed E-state index contributed by atoms with van der Waals surface area (Å²) in [6, 6.07) is 0. The summed E-state index contributed by atoms with van der Waals surface area (Å²) in [6.07, 6.45) is 1.64. The molecule has 0 radical (unpaired) electrons. The standard InChI is InChI=1S/C12H27NO4S/c1-4-18(15,16)11-5-6-12(2,14)7-8-13-9-10-17-3/h13-14H,4-11H2,1-3H3. The molecule has 110 valence electrons. The van der Waals surface area contributed by atoms with Crippen LogP contribution in [0.3, 0.4) is 0 Å². The lowest BCUT2D eigenvalue weighted by Crippen LogP contribution is -2.31. The first-order valence-corrected chi connectivity index (χ1v) is 8.27. The van der Waals surface area contributed by atoms with Crippen LogP contribution in [0.15, 0.2) is 0 Å². The number of hydrogen-bond donors (Lipinski definition) is 2. The van der Waals surface area contributed by atoms with Gasteiger partial charge in [-0.3, -0.25) is 0 Å². The maximum absolute atomic E-state index is 11.3. The van der Waals surface area contributed by atoms with Gasteiger partial charge in [0.15, 0.2) is 0 Å². The van der Waals surface area contributed by atoms with Crippen molar-refractivity contribution in [3.05, 3.63) is 0 Å². The zero-order valence-corrected chi connectivity index (χ0v) is 12.6. The topological polar surface area (TPSA) is 75.6 Å². The van der Waals surface area contributed by atoms with Gasteiger partial charge < -0.3 is 15.2 Å². The summed E-state index contributed by atoms with van der Waals surface area (Å²) in [6.45, 7) is 5.52. The molecule has 0 saturated heterocycles. The van der Waals surface area contributed by atoms with Gasteiger partial charge in [-0.15, -0.1) is 0 Å². The van der Waals surface area contributed by atoms with Crippen molar-refractivity contribution < 1.29 is 18.3 Å². The van der Waals surface area contributed by atoms with Crippen LogP contribution in [-0.2, 0) is 14.6 Å². The molecule has 2 N–H and O–H groups in total. The summed E-state index contributed by atoms with van der Waals surface area (Å²) in [4.78, 5) is 0. The Kier molecular flexibility index (Phi) is 8.77. The van der Waals surface area contributed by atoms with Crippen LogP contribution in [0.25, 0.3) is 0 Å². The van der Waals surface area contributed by atoms with Crippen molar-refractivity contribution in [3.63, 3.8) is 0 Å². The highest BCUT2D eigenvalue weighted by Crippen LogP contribution is 2.16. The predicted molar refractivity (Wildman–Crippen MR) is 73.5 cm³/mol. The highest BCUT2D eigenvalue weighted by atomic mass is 32.2. The summed E-state index contributed by atoms with van der Waals surface area (Å²) in [5.74, 6) is 0.338. The number of rotatable bonds is 11. The average molecular weight is 281 g/mol. The van der Waals surface area contributed by atoms with Crippen molar-refractivity contribution in [1.29, 1.82) is 0 Å². The molecule has 0 aliphatic heterocycles. The largest absolute Gasteiger partial charge is 0.390 e. The van der Waals surface area contributed by atoms with Gasteiger partial charge >= 0.3 is 0 Å². The fourth-order valence-corrected chi connectivity index (χ4v) is 2.47. The first-order chi connectivity index (χ1) is 8.33. The lowest BCUT2D eigenvalue weighted by Gasteiger charge is -2.23. The molecule has 18 heavy (non-hydrogen) atoms. The smallest absolute Gasteiger partial charge is 0.150 e. The van der Waals surface area contributed by atoms with Crippen molar-refractivity contribution >= 4 is 9.84 Å². The molecular formula is C12H27NO4S. The minimum absolute atomic E-state index is 0.163. The third-order valence-corrected chi connectivity index (χ3v) is 4.72. The van der Waals surface area contributed by atoms with Gasteiger partial charge in [-0.1, -0.05) is 6.92 Å². The molecule has 0 aromatic rings. The van der Waals surface area contributed by atoms with Gasteiger partial charge in [0.25, 0.3) is 0 Å². The van der Waals surface area contributed by atoms with Gasteiger partial charge in [0.2, 0.25) is 0 Å². The van der Waals surface area contributed by atoms with Gasteiger partial charge in [0.1, 0.15) is 9.84 Å². The second-order valence-corrected chi connectivity index (χ2v) is 7.30. The molecule has 0 aliphatic rings. The van der Waals surface area contributed by atoms with Crippen LogP contribution in [0.5, 0.6) is 0 Å². The Morgan fingerprint density at radius 3 is 2.50 bits per heavy atom. The zero-order chi connectivity index (χ0) is 14.1. The first-order valence-electron chi connectivity index (χ1n) is 6.45. The van der Waals surface area contributed by atoms with Crippen molar-refractivity contribution in [2.45, 2.75) is 38.7 Å². The zero-order valence-electron chi connectivity index (χ0n) is 11.7. The molecule has 1 unspecified atom stereocenters. The molecule has 0 aromatic carbocycles. The molecule has 0 heterocycles. The van der Waals surface area contributed by atoms with Crippen LogP contribution >= 0.6 is 0 Å². The van der Waals surface area contributed by atoms with E-state index in [0.717, 1.165) is 6.54 Å². The van der Waals surface area contributed by atoms with E-state index in [4.69, 9.17) is 4.74 Å². The molecule has 0 aromatic heterocycles. The summed E-state index contributed by atoms with van der Waals surface area (Å²) in [5, 5.41) is 13.2. The average Bonchev–Trinajstić information content (AvgIpc) is 2.28. The fraction of sp³-hybridized carbons (Fsp3) is 1.00. The van der Waals surface area contributed by atoms with E-state index < -0.39 is 15.4 Å². The summed E-state index contributed by atoms with van der Waals surface area (Å²) in [7, 11) is -1.27. The SMILES string of the molecule is CCS(=O)(=O)CCCC(C)(O)CCNCCOC. The Bertz CT molecular complexity index is 301. The van der Waals surface area contributed by atoms with Crippen LogP contribution in [0.2, 0.25) is 0 Å². The minimum atomic E-state index is -2.92. The Hall–Kier alpha value is -0.170. The maximum Gasteiger partial charge on any atom is 0.150 e. The van der Waals surface area contributed by atoms with Gasteiger partial charge in [-0.05, 0) is 32.7 Å². The fourth-order valence-electron chi connectivity index (χ4n) is 1.60. The van der Waals surface area contributed by atoms with Crippen molar-refractivity contribution in [2.24, 2.45) is 0 Å². The predicted octanol–water partition coefficient (Wildman–Crippen LogP) is 0.578. The Morgan fingerprint density at radius 2 is 1.94 bits per heavy atom. The van der Waals surface area contributed by atoms with E-state index in [-0.39, 0.29) is 11.5 Å². The molecule has 0 fully saturated rings. The number of aliphatic hydroxyl groups is 1. The molecule has 0 bridgehead atoms. The van der Waals surface area contributed by atoms with Crippen molar-refractivity contribution in [2.75, 3.05) is 38.3 Å². The van der Waals surface area contributed by atoms with E-state index in [1.54, 1.807) is 21.0 Å². The second kappa shape index (κ2) is 8.85. The third kappa shape index (κ3) is 9.82. The van der Waals surface area contributed by atoms with Crippen molar-refractivity contribution in [3.8, 4) is 0 Å². The molecule has 5 nitrogen and oxygen atoms in total. The Balaban J connectivity index is 3.73. The van der Waals surface area contributed by atoms with Gasteiger partial charge in [-0.25, -0.2) is 8.42 Å². The molecule has 0 spiro atoms. The van der Waals surface area contributed by atoms with Crippen LogP contribution in [-0.4, -0.2) is 57.4 Å². The van der Waals surface area contributed by atoms with Gasteiger partial charge in [-0.2, -0.15) is 0 Å². The van der Waals surface area contributed by atoms with E-state index in [9.17, 15) is 13.5 Å². The normalized spacial score (nSPS) is 15.6. The third-order valence-electron chi connectivity index (χ3n) is 2.93. The molecule has 0 rings (SSSR count). The Labute approximate surface area is 111 Å². The lowest BCUT2D eigenvalue weighted by atomic mass is 9.97. The molecule has 0 amide bonds. The number of hydrogen-bond acceptors (Lipinski definition) is 5. The number of ether oxygens (including phenoxy) is 1. The molecule has 6 heteroatoms. The quantitative estimate of drug-likeness (QED) is 0.542. The molecule has 0 aliphatic carbocycles. The van der Waals surface area contributed by atoms with E-state index in [1.807, 2.05) is 0 Å². The van der Waals surface area contributed by atoms with Crippen LogP contribution in [0, 0.1) is 0 Å². The van der Waals surface area contributed by atoms with E-state index in [1.165, 1.54) is 0 Å². The van der Waals surface area contributed by atoms with Crippen LogP contribution in [0.1, 0.15) is 33.1 Å². The minimum Gasteiger partial charge on any atom is -0.390 e. The summed E-state index contributed by atoms with van der Waals surface area (Å²) >= 11 is 0. The molecule has 1 atom stereocenters. The van der Waals surface area contributed by atoms with E-state index in [2.05, 4.69) is 5.32 Å². The summed E-state index contributed by atoms with van der Waals surface area (Å²) < 4.78 is 27.5. The Morgan fingerprint density at radius 1 is 1.28 bits per heavy atom. The van der Waals surface area contributed by atoms with Crippen molar-refractivity contribution in [1.82, 2.24) is 5.32 Å². The molecular weight excluding hydrogens is 254 g/mol. The van der Waals surface area contributed by atoms with E-state index in [0.29, 0.717) is 32.4 Å². The number of sulfone groups is 1. The first kappa shape index (κ1) is 17.8. The number of methoxy groups -OCH3 is 1. The van der Waals surface area contributed by atoms with E-state index >= 15 is 0 Å². The maximum atomic E-state index is 11.3. The number of nitrogens with one attached hydrogen (secondary N) is 1. The highest BCUT2D eigenvalue weighted by Gasteiger charge is 2.20. The summed E-state index contributed by atoms with van der Waals surface area (Å²) in [5.41, 5.74) is -0.802. The monoisotopic (exact) mass is 281 g/mol. The van der Waals surface area contributed by atoms with Gasteiger partial charge in [0, 0.05) is 19.4 Å². The van der Waals surface area contributed by atoms with Crippen LogP contribution in [0.4, 0.5) is 0 Å². The van der Waals surface area contributed by atoms with Crippen LogP contribution < -0.4 is 5.32 Å².